The minimum Gasteiger partial charge on any atom is -0.340 e. The highest BCUT2D eigenvalue weighted by Crippen LogP contribution is 2.27. The number of aromatic nitrogens is 2. The van der Waals surface area contributed by atoms with Crippen molar-refractivity contribution in [3.63, 3.8) is 0 Å². The molecule has 0 unspecified atom stereocenters. The van der Waals surface area contributed by atoms with Crippen molar-refractivity contribution >= 4 is 52.0 Å². The van der Waals surface area contributed by atoms with Gasteiger partial charge in [-0.15, -0.1) is 0 Å². The highest BCUT2D eigenvalue weighted by molar-refractivity contribution is 6.42. The van der Waals surface area contributed by atoms with Crippen molar-refractivity contribution in [1.29, 1.82) is 0 Å². The first-order chi connectivity index (χ1) is 12.4. The summed E-state index contributed by atoms with van der Waals surface area (Å²) in [6.07, 6.45) is 0. The molecule has 3 rings (SSSR count). The normalized spacial score (nSPS) is 10.5. The molecule has 0 atom stereocenters. The van der Waals surface area contributed by atoms with E-state index in [4.69, 9.17) is 23.2 Å². The predicted octanol–water partition coefficient (Wildman–Crippen LogP) is 5.78. The van der Waals surface area contributed by atoms with Crippen LogP contribution in [0.25, 0.3) is 0 Å². The zero-order chi connectivity index (χ0) is 18.7. The molecule has 132 valence electrons. The topological polar surface area (TPSA) is 66.9 Å². The number of hydrogen-bond donors (Lipinski definition) is 2. The van der Waals surface area contributed by atoms with Gasteiger partial charge in [-0.1, -0.05) is 35.3 Å². The van der Waals surface area contributed by atoms with Crippen LogP contribution in [0.5, 0.6) is 0 Å². The van der Waals surface area contributed by atoms with Crippen molar-refractivity contribution < 1.29 is 4.79 Å². The molecule has 1 aromatic heterocycles. The average Bonchev–Trinajstić information content (AvgIpc) is 2.58. The van der Waals surface area contributed by atoms with Gasteiger partial charge in [0.2, 0.25) is 0 Å². The van der Waals surface area contributed by atoms with Crippen LogP contribution in [0, 0.1) is 6.92 Å². The molecule has 26 heavy (non-hydrogen) atoms. The van der Waals surface area contributed by atoms with Crippen LogP contribution < -0.4 is 10.6 Å². The number of Topliss-reactive ketones (excluding diaryl/α,β-unsaturated/α-hetero) is 1. The lowest BCUT2D eigenvalue weighted by Crippen LogP contribution is -2.02. The summed E-state index contributed by atoms with van der Waals surface area (Å²) < 4.78 is 0. The van der Waals surface area contributed by atoms with Gasteiger partial charge in [0.05, 0.1) is 10.0 Å². The van der Waals surface area contributed by atoms with Crippen molar-refractivity contribution in [2.24, 2.45) is 0 Å². The molecule has 5 nitrogen and oxygen atoms in total. The van der Waals surface area contributed by atoms with E-state index >= 15 is 0 Å². The number of nitrogens with one attached hydrogen (secondary N) is 2. The summed E-state index contributed by atoms with van der Waals surface area (Å²) in [4.78, 5) is 20.3. The van der Waals surface area contributed by atoms with Gasteiger partial charge in [0.1, 0.15) is 17.5 Å². The first-order valence-electron chi connectivity index (χ1n) is 7.86. The third kappa shape index (κ3) is 4.50. The van der Waals surface area contributed by atoms with Crippen LogP contribution in [0.4, 0.5) is 23.0 Å². The molecule has 0 amide bonds. The highest BCUT2D eigenvalue weighted by atomic mass is 35.5. The molecule has 0 bridgehead atoms. The second-order valence-electron chi connectivity index (χ2n) is 5.70. The summed E-state index contributed by atoms with van der Waals surface area (Å²) in [6, 6.07) is 14.3. The standard InChI is InChI=1S/C19H16Cl2N4O/c1-11(26)13-4-3-5-14(8-13)24-18-10-19(23-12(2)22-18)25-15-6-7-16(20)17(21)9-15/h3-10H,1-2H3,(H2,22,23,24,25). The van der Waals surface area contributed by atoms with E-state index < -0.39 is 0 Å². The number of anilines is 4. The minimum absolute atomic E-state index is 0.00879. The van der Waals surface area contributed by atoms with Crippen LogP contribution in [-0.2, 0) is 0 Å². The Hall–Kier alpha value is -2.63. The SMILES string of the molecule is CC(=O)c1cccc(Nc2cc(Nc3ccc(Cl)c(Cl)c3)nc(C)n2)c1. The molecule has 0 saturated heterocycles. The van der Waals surface area contributed by atoms with Gasteiger partial charge >= 0.3 is 0 Å². The predicted molar refractivity (Wildman–Crippen MR) is 106 cm³/mol. The third-order valence-corrected chi connectivity index (χ3v) is 4.31. The van der Waals surface area contributed by atoms with Gasteiger partial charge in [-0.05, 0) is 44.2 Å². The number of hydrogen-bond acceptors (Lipinski definition) is 5. The number of benzene rings is 2. The third-order valence-electron chi connectivity index (χ3n) is 3.57. The number of rotatable bonds is 5. The summed E-state index contributed by atoms with van der Waals surface area (Å²) in [5, 5.41) is 7.33. The number of nitrogens with zero attached hydrogens (tertiary/aromatic N) is 2. The quantitative estimate of drug-likeness (QED) is 0.543. The summed E-state index contributed by atoms with van der Waals surface area (Å²) in [5.74, 6) is 1.83. The Bertz CT molecular complexity index is 976. The molecule has 1 heterocycles. The molecule has 0 aliphatic carbocycles. The highest BCUT2D eigenvalue weighted by Gasteiger charge is 2.06. The van der Waals surface area contributed by atoms with E-state index in [1.54, 1.807) is 37.3 Å². The van der Waals surface area contributed by atoms with E-state index in [2.05, 4.69) is 20.6 Å². The monoisotopic (exact) mass is 386 g/mol. The molecule has 7 heteroatoms. The van der Waals surface area contributed by atoms with Crippen molar-refractivity contribution in [1.82, 2.24) is 9.97 Å². The average molecular weight is 387 g/mol. The molecular formula is C19H16Cl2N4O. The molecule has 0 aliphatic rings. The molecule has 3 aromatic rings. The molecule has 0 spiro atoms. The van der Waals surface area contributed by atoms with Crippen molar-refractivity contribution in [2.45, 2.75) is 13.8 Å². The van der Waals surface area contributed by atoms with E-state index in [0.717, 1.165) is 11.4 Å². The number of carbonyl (C=O) groups excluding carboxylic acids is 1. The fourth-order valence-electron chi connectivity index (χ4n) is 2.38. The van der Waals surface area contributed by atoms with Gasteiger partial charge in [-0.3, -0.25) is 4.79 Å². The number of halogens is 2. The van der Waals surface area contributed by atoms with E-state index in [0.29, 0.717) is 33.1 Å². The Morgan fingerprint density at radius 3 is 2.15 bits per heavy atom. The van der Waals surface area contributed by atoms with Crippen LogP contribution in [-0.4, -0.2) is 15.8 Å². The second-order valence-corrected chi connectivity index (χ2v) is 6.52. The maximum absolute atomic E-state index is 11.5. The Labute approximate surface area is 161 Å². The minimum atomic E-state index is 0.00879. The number of ketones is 1. The van der Waals surface area contributed by atoms with Gasteiger partial charge < -0.3 is 10.6 Å². The summed E-state index contributed by atoms with van der Waals surface area (Å²) in [6.45, 7) is 3.34. The Kier molecular flexibility index (Phi) is 5.40. The Morgan fingerprint density at radius 1 is 0.885 bits per heavy atom. The first-order valence-corrected chi connectivity index (χ1v) is 8.62. The molecule has 2 N–H and O–H groups in total. The van der Waals surface area contributed by atoms with Crippen molar-refractivity contribution in [3.8, 4) is 0 Å². The number of carbonyl (C=O) groups is 1. The van der Waals surface area contributed by atoms with Gasteiger partial charge in [-0.2, -0.15) is 0 Å². The number of aryl methyl sites for hydroxylation is 1. The van der Waals surface area contributed by atoms with E-state index in [1.807, 2.05) is 18.2 Å². The van der Waals surface area contributed by atoms with Crippen LogP contribution in [0.3, 0.4) is 0 Å². The zero-order valence-corrected chi connectivity index (χ0v) is 15.7. The van der Waals surface area contributed by atoms with E-state index in [-0.39, 0.29) is 5.78 Å². The lowest BCUT2D eigenvalue weighted by atomic mass is 10.1. The first kappa shape index (κ1) is 18.2. The van der Waals surface area contributed by atoms with Gasteiger partial charge in [0.15, 0.2) is 5.78 Å². The molecular weight excluding hydrogens is 371 g/mol. The van der Waals surface area contributed by atoms with E-state index in [1.165, 1.54) is 6.92 Å². The fourth-order valence-corrected chi connectivity index (χ4v) is 2.68. The second kappa shape index (κ2) is 7.72. The Balaban J connectivity index is 1.84. The molecule has 0 fully saturated rings. The maximum Gasteiger partial charge on any atom is 0.159 e. The maximum atomic E-state index is 11.5. The van der Waals surface area contributed by atoms with Crippen molar-refractivity contribution in [3.05, 3.63) is 70.0 Å². The zero-order valence-electron chi connectivity index (χ0n) is 14.2. The Morgan fingerprint density at radius 2 is 1.54 bits per heavy atom. The molecule has 0 aliphatic heterocycles. The summed E-state index contributed by atoms with van der Waals surface area (Å²) >= 11 is 12.0. The van der Waals surface area contributed by atoms with Gasteiger partial charge in [0.25, 0.3) is 0 Å². The van der Waals surface area contributed by atoms with Crippen LogP contribution >= 0.6 is 23.2 Å². The van der Waals surface area contributed by atoms with Crippen LogP contribution in [0.2, 0.25) is 10.0 Å². The van der Waals surface area contributed by atoms with Gasteiger partial charge in [-0.25, -0.2) is 9.97 Å². The fraction of sp³-hybridized carbons (Fsp3) is 0.105. The molecule has 0 radical (unpaired) electrons. The van der Waals surface area contributed by atoms with Crippen LogP contribution in [0.1, 0.15) is 23.1 Å². The largest absolute Gasteiger partial charge is 0.340 e. The van der Waals surface area contributed by atoms with E-state index in [9.17, 15) is 4.79 Å². The summed E-state index contributed by atoms with van der Waals surface area (Å²) in [5.41, 5.74) is 2.17. The summed E-state index contributed by atoms with van der Waals surface area (Å²) in [7, 11) is 0. The lowest BCUT2D eigenvalue weighted by Gasteiger charge is -2.11. The smallest absolute Gasteiger partial charge is 0.159 e. The van der Waals surface area contributed by atoms with Gasteiger partial charge in [0, 0.05) is 23.0 Å². The molecule has 2 aromatic carbocycles. The van der Waals surface area contributed by atoms with Crippen molar-refractivity contribution in [2.75, 3.05) is 10.6 Å². The lowest BCUT2D eigenvalue weighted by molar-refractivity contribution is 0.101. The van der Waals surface area contributed by atoms with Crippen LogP contribution in [0.15, 0.2) is 48.5 Å². The molecule has 0 saturated carbocycles.